The Morgan fingerprint density at radius 2 is 2.07 bits per heavy atom. The number of guanidine groups is 1. The monoisotopic (exact) mass is 522 g/mol. The number of carbonyl (C=O) groups excluding carboxylic acids is 1. The van der Waals surface area contributed by atoms with Crippen molar-refractivity contribution in [2.24, 2.45) is 16.6 Å². The molecule has 1 aliphatic carbocycles. The highest BCUT2D eigenvalue weighted by molar-refractivity contribution is 14.0. The first-order valence-corrected chi connectivity index (χ1v) is 10.5. The van der Waals surface area contributed by atoms with Gasteiger partial charge in [0, 0.05) is 32.3 Å². The Labute approximate surface area is 195 Å². The fraction of sp³-hybridized carbons (Fsp3) is 0.500. The lowest BCUT2D eigenvalue weighted by atomic mass is 9.95. The number of nitrogens with two attached hydrogens (primary N) is 1. The van der Waals surface area contributed by atoms with Crippen molar-refractivity contribution in [2.75, 3.05) is 20.1 Å². The number of hydrogen-bond acceptors (Lipinski definition) is 3. The number of primary amides is 1. The van der Waals surface area contributed by atoms with Gasteiger partial charge in [0.1, 0.15) is 0 Å². The SMILES string of the molecule is CN=C(NCc1nn(-c2ccccc2)c2c1CCC2)N1CCCC(CC(N)=O)C1.I. The van der Waals surface area contributed by atoms with Crippen molar-refractivity contribution >= 4 is 35.8 Å². The van der Waals surface area contributed by atoms with Gasteiger partial charge >= 0.3 is 0 Å². The van der Waals surface area contributed by atoms with Gasteiger partial charge in [-0.25, -0.2) is 4.68 Å². The number of aliphatic imine (C=N–C) groups is 1. The number of para-hydroxylation sites is 1. The number of halogens is 1. The molecule has 2 heterocycles. The van der Waals surface area contributed by atoms with Crippen LogP contribution in [0.25, 0.3) is 5.69 Å². The lowest BCUT2D eigenvalue weighted by Crippen LogP contribution is -2.47. The highest BCUT2D eigenvalue weighted by atomic mass is 127. The van der Waals surface area contributed by atoms with Crippen LogP contribution in [0.2, 0.25) is 0 Å². The predicted molar refractivity (Wildman–Crippen MR) is 129 cm³/mol. The van der Waals surface area contributed by atoms with E-state index in [2.05, 4.69) is 44.2 Å². The number of likely N-dealkylation sites (tertiary alicyclic amines) is 1. The van der Waals surface area contributed by atoms with Crippen LogP contribution in [0.4, 0.5) is 0 Å². The van der Waals surface area contributed by atoms with E-state index in [4.69, 9.17) is 10.8 Å². The Morgan fingerprint density at radius 1 is 1.27 bits per heavy atom. The molecule has 2 aliphatic rings. The summed E-state index contributed by atoms with van der Waals surface area (Å²) >= 11 is 0. The summed E-state index contributed by atoms with van der Waals surface area (Å²) < 4.78 is 2.10. The second kappa shape index (κ2) is 10.3. The second-order valence-electron chi connectivity index (χ2n) is 8.00. The van der Waals surface area contributed by atoms with E-state index in [0.29, 0.717) is 18.9 Å². The van der Waals surface area contributed by atoms with E-state index in [-0.39, 0.29) is 29.9 Å². The molecule has 1 atom stereocenters. The summed E-state index contributed by atoms with van der Waals surface area (Å²) in [6.45, 7) is 2.43. The third-order valence-corrected chi connectivity index (χ3v) is 5.95. The van der Waals surface area contributed by atoms with Crippen molar-refractivity contribution in [3.05, 3.63) is 47.3 Å². The van der Waals surface area contributed by atoms with E-state index in [1.165, 1.54) is 17.7 Å². The fourth-order valence-corrected chi connectivity index (χ4v) is 4.64. The standard InChI is InChI=1S/C22H30N6O.HI/c1-24-22(27-12-6-7-16(15-27)13-21(23)29)25-14-19-18-10-5-11-20(18)28(26-19)17-8-3-2-4-9-17;/h2-4,8-9,16H,5-7,10-15H2,1H3,(H2,23,29)(H,24,25);1H. The molecular formula is C22H31IN6O. The highest BCUT2D eigenvalue weighted by Gasteiger charge is 2.26. The first-order valence-electron chi connectivity index (χ1n) is 10.5. The molecular weight excluding hydrogens is 491 g/mol. The molecule has 162 valence electrons. The third-order valence-electron chi connectivity index (χ3n) is 5.95. The van der Waals surface area contributed by atoms with Crippen LogP contribution in [0.1, 0.15) is 42.6 Å². The maximum Gasteiger partial charge on any atom is 0.217 e. The number of carbonyl (C=O) groups is 1. The third kappa shape index (κ3) is 4.96. The smallest absolute Gasteiger partial charge is 0.217 e. The van der Waals surface area contributed by atoms with Gasteiger partial charge in [0.25, 0.3) is 0 Å². The van der Waals surface area contributed by atoms with Crippen molar-refractivity contribution in [3.63, 3.8) is 0 Å². The minimum Gasteiger partial charge on any atom is -0.370 e. The van der Waals surface area contributed by atoms with E-state index in [9.17, 15) is 4.79 Å². The van der Waals surface area contributed by atoms with Crippen molar-refractivity contribution in [2.45, 2.75) is 45.1 Å². The average molecular weight is 522 g/mol. The molecule has 1 aliphatic heterocycles. The molecule has 30 heavy (non-hydrogen) atoms. The van der Waals surface area contributed by atoms with Gasteiger partial charge in [-0.1, -0.05) is 18.2 Å². The van der Waals surface area contributed by atoms with Gasteiger partial charge < -0.3 is 16.0 Å². The second-order valence-corrected chi connectivity index (χ2v) is 8.00. The molecule has 8 heteroatoms. The summed E-state index contributed by atoms with van der Waals surface area (Å²) in [4.78, 5) is 18.0. The van der Waals surface area contributed by atoms with E-state index in [1.807, 2.05) is 13.1 Å². The number of nitrogens with one attached hydrogen (secondary N) is 1. The van der Waals surface area contributed by atoms with Crippen molar-refractivity contribution in [3.8, 4) is 5.69 Å². The van der Waals surface area contributed by atoms with E-state index >= 15 is 0 Å². The van der Waals surface area contributed by atoms with Crippen molar-refractivity contribution < 1.29 is 4.79 Å². The minimum atomic E-state index is -0.221. The van der Waals surface area contributed by atoms with Crippen molar-refractivity contribution in [1.82, 2.24) is 20.0 Å². The van der Waals surface area contributed by atoms with Gasteiger partial charge in [-0.05, 0) is 55.7 Å². The molecule has 3 N–H and O–H groups in total. The molecule has 1 fully saturated rings. The number of aromatic nitrogens is 2. The summed E-state index contributed by atoms with van der Waals surface area (Å²) in [6.07, 6.45) is 5.89. The first kappa shape index (κ1) is 22.6. The van der Waals surface area contributed by atoms with E-state index in [0.717, 1.165) is 56.1 Å². The van der Waals surface area contributed by atoms with Gasteiger partial charge in [0.15, 0.2) is 5.96 Å². The Morgan fingerprint density at radius 3 is 2.80 bits per heavy atom. The van der Waals surface area contributed by atoms with Crippen LogP contribution in [-0.4, -0.2) is 46.7 Å². The van der Waals surface area contributed by atoms with Crippen molar-refractivity contribution in [1.29, 1.82) is 0 Å². The van der Waals surface area contributed by atoms with Gasteiger partial charge in [0.05, 0.1) is 17.9 Å². The number of benzene rings is 1. The number of hydrogen-bond donors (Lipinski definition) is 2. The zero-order chi connectivity index (χ0) is 20.2. The largest absolute Gasteiger partial charge is 0.370 e. The van der Waals surface area contributed by atoms with Gasteiger partial charge in [-0.15, -0.1) is 24.0 Å². The van der Waals surface area contributed by atoms with Crippen LogP contribution in [0.15, 0.2) is 35.3 Å². The topological polar surface area (TPSA) is 88.5 Å². The van der Waals surface area contributed by atoms with Crippen LogP contribution in [0.3, 0.4) is 0 Å². The summed E-state index contributed by atoms with van der Waals surface area (Å²) in [6, 6.07) is 10.3. The molecule has 1 aromatic carbocycles. The Kier molecular flexibility index (Phi) is 7.74. The molecule has 0 saturated carbocycles. The average Bonchev–Trinajstić information content (AvgIpc) is 3.32. The number of fused-ring (bicyclic) bond motifs is 1. The normalized spacial score (nSPS) is 18.6. The summed E-state index contributed by atoms with van der Waals surface area (Å²) in [5, 5.41) is 8.43. The zero-order valence-corrected chi connectivity index (χ0v) is 19.8. The lowest BCUT2D eigenvalue weighted by Gasteiger charge is -2.34. The molecule has 1 unspecified atom stereocenters. The number of piperidine rings is 1. The van der Waals surface area contributed by atoms with Gasteiger partial charge in [-0.3, -0.25) is 9.79 Å². The molecule has 1 saturated heterocycles. The Balaban J connectivity index is 0.00000256. The summed E-state index contributed by atoms with van der Waals surface area (Å²) in [7, 11) is 1.81. The quantitative estimate of drug-likeness (QED) is 0.359. The van der Waals surface area contributed by atoms with E-state index < -0.39 is 0 Å². The number of nitrogens with zero attached hydrogens (tertiary/aromatic N) is 4. The Bertz CT molecular complexity index is 895. The molecule has 1 amide bonds. The van der Waals surface area contributed by atoms with Crippen LogP contribution in [0.5, 0.6) is 0 Å². The zero-order valence-electron chi connectivity index (χ0n) is 17.5. The summed E-state index contributed by atoms with van der Waals surface area (Å²) in [5.74, 6) is 0.961. The lowest BCUT2D eigenvalue weighted by molar-refractivity contribution is -0.119. The number of amides is 1. The maximum absolute atomic E-state index is 11.3. The fourth-order valence-electron chi connectivity index (χ4n) is 4.64. The van der Waals surface area contributed by atoms with E-state index in [1.54, 1.807) is 0 Å². The first-order chi connectivity index (χ1) is 14.2. The van der Waals surface area contributed by atoms with Gasteiger partial charge in [-0.2, -0.15) is 5.10 Å². The minimum absolute atomic E-state index is 0. The molecule has 7 nitrogen and oxygen atoms in total. The van der Waals surface area contributed by atoms with Gasteiger partial charge in [0.2, 0.25) is 5.91 Å². The van der Waals surface area contributed by atoms with Crippen LogP contribution >= 0.6 is 24.0 Å². The van der Waals surface area contributed by atoms with Crippen LogP contribution in [-0.2, 0) is 24.2 Å². The summed E-state index contributed by atoms with van der Waals surface area (Å²) in [5.41, 5.74) is 10.3. The maximum atomic E-state index is 11.3. The highest BCUT2D eigenvalue weighted by Crippen LogP contribution is 2.28. The predicted octanol–water partition coefficient (Wildman–Crippen LogP) is 2.64. The molecule has 4 rings (SSSR count). The molecule has 1 aromatic heterocycles. The molecule has 2 aromatic rings. The molecule has 0 bridgehead atoms. The molecule has 0 radical (unpaired) electrons. The Hall–Kier alpha value is -2.10. The van der Waals surface area contributed by atoms with Crippen LogP contribution in [0, 0.1) is 5.92 Å². The number of rotatable bonds is 5. The molecule has 0 spiro atoms. The van der Waals surface area contributed by atoms with Crippen LogP contribution < -0.4 is 11.1 Å².